The third kappa shape index (κ3) is 0.969. The van der Waals surface area contributed by atoms with Crippen molar-refractivity contribution in [1.29, 1.82) is 0 Å². The summed E-state index contributed by atoms with van der Waals surface area (Å²) in [5.74, 6) is 0. The summed E-state index contributed by atoms with van der Waals surface area (Å²) < 4.78 is 9.95. The van der Waals surface area contributed by atoms with E-state index in [2.05, 4.69) is 0 Å². The quantitative estimate of drug-likeness (QED) is 0.377. The van der Waals surface area contributed by atoms with Gasteiger partial charge in [-0.2, -0.15) is 0 Å². The number of hydrogen-bond acceptors (Lipinski definition) is 5. The van der Waals surface area contributed by atoms with E-state index in [4.69, 9.17) is 14.6 Å². The van der Waals surface area contributed by atoms with Crippen molar-refractivity contribution in [2.75, 3.05) is 6.61 Å². The predicted octanol–water partition coefficient (Wildman–Crippen LogP) is -2.18. The largest absolute Gasteiger partial charge is 0.387 e. The topological polar surface area (TPSA) is 79.2 Å². The van der Waals surface area contributed by atoms with E-state index in [1.807, 2.05) is 0 Å². The van der Waals surface area contributed by atoms with Crippen molar-refractivity contribution in [2.45, 2.75) is 30.7 Å². The fraction of sp³-hybridized carbons (Fsp3) is 1.00. The molecule has 5 nitrogen and oxygen atoms in total. The fourth-order valence-corrected chi connectivity index (χ4v) is 1.38. The van der Waals surface area contributed by atoms with Crippen molar-refractivity contribution >= 4 is 0 Å². The number of aliphatic hydroxyl groups excluding tert-OH is 3. The summed E-state index contributed by atoms with van der Waals surface area (Å²) in [6.07, 6.45) is -4.58. The number of rotatable bonds is 0. The Bertz CT molecular complexity index is 141. The van der Waals surface area contributed by atoms with E-state index in [1.54, 1.807) is 0 Å². The molecule has 2 aliphatic heterocycles. The second kappa shape index (κ2) is 2.40. The zero-order valence-corrected chi connectivity index (χ0v) is 5.75. The van der Waals surface area contributed by atoms with E-state index in [-0.39, 0.29) is 6.61 Å². The minimum Gasteiger partial charge on any atom is -0.387 e. The third-order valence-electron chi connectivity index (χ3n) is 2.09. The molecule has 2 aliphatic rings. The molecule has 3 N–H and O–H groups in total. The first-order valence-corrected chi connectivity index (χ1v) is 3.51. The van der Waals surface area contributed by atoms with Gasteiger partial charge in [0.2, 0.25) is 0 Å². The number of fused-ring (bicyclic) bond motifs is 2. The summed E-state index contributed by atoms with van der Waals surface area (Å²) in [5, 5.41) is 27.6. The van der Waals surface area contributed by atoms with Crippen LogP contribution >= 0.6 is 0 Å². The Hall–Kier alpha value is -0.200. The lowest BCUT2D eigenvalue weighted by Crippen LogP contribution is -2.53. The lowest BCUT2D eigenvalue weighted by Gasteiger charge is -2.32. The maximum absolute atomic E-state index is 9.22. The average molecular weight is 162 g/mol. The molecule has 1 unspecified atom stereocenters. The first-order chi connectivity index (χ1) is 5.20. The van der Waals surface area contributed by atoms with Gasteiger partial charge in [-0.1, -0.05) is 0 Å². The monoisotopic (exact) mass is 162 g/mol. The lowest BCUT2D eigenvalue weighted by atomic mass is 10.0. The molecule has 0 aromatic carbocycles. The van der Waals surface area contributed by atoms with Crippen molar-refractivity contribution in [3.8, 4) is 0 Å². The van der Waals surface area contributed by atoms with E-state index < -0.39 is 30.7 Å². The van der Waals surface area contributed by atoms with E-state index in [9.17, 15) is 10.2 Å². The van der Waals surface area contributed by atoms with Gasteiger partial charge in [0.05, 0.1) is 6.61 Å². The summed E-state index contributed by atoms with van der Waals surface area (Å²) in [5.41, 5.74) is 0. The van der Waals surface area contributed by atoms with E-state index >= 15 is 0 Å². The van der Waals surface area contributed by atoms with Crippen LogP contribution in [0.1, 0.15) is 0 Å². The Morgan fingerprint density at radius 3 is 2.45 bits per heavy atom. The SMILES string of the molecule is O[C@H]1[C@@H]2OCC(O2)[C@@H](O)[C@H]1O. The van der Waals surface area contributed by atoms with Gasteiger partial charge in [-0.05, 0) is 0 Å². The standard InChI is InChI=1S/C6H10O5/c7-3-2-1-10-6(11-2)5(9)4(3)8/h2-9H,1H2/t2?,3-,4-,5-,6-/m1/s1. The number of aliphatic hydroxyl groups is 3. The van der Waals surface area contributed by atoms with Crippen LogP contribution in [0.4, 0.5) is 0 Å². The van der Waals surface area contributed by atoms with Crippen molar-refractivity contribution in [3.63, 3.8) is 0 Å². The highest BCUT2D eigenvalue weighted by molar-refractivity contribution is 4.92. The van der Waals surface area contributed by atoms with E-state index in [0.717, 1.165) is 0 Å². The molecule has 2 rings (SSSR count). The Kier molecular flexibility index (Phi) is 1.62. The Balaban J connectivity index is 2.16. The molecule has 0 amide bonds. The third-order valence-corrected chi connectivity index (χ3v) is 2.09. The molecule has 0 spiro atoms. The van der Waals surface area contributed by atoms with Crippen LogP contribution in [0.25, 0.3) is 0 Å². The first kappa shape index (κ1) is 7.45. The zero-order chi connectivity index (χ0) is 8.01. The highest BCUT2D eigenvalue weighted by Crippen LogP contribution is 2.27. The molecule has 0 aliphatic carbocycles. The molecule has 2 fully saturated rings. The summed E-state index contributed by atoms with van der Waals surface area (Å²) in [4.78, 5) is 0. The Morgan fingerprint density at radius 2 is 1.73 bits per heavy atom. The smallest absolute Gasteiger partial charge is 0.186 e. The molecule has 0 aromatic heterocycles. The summed E-state index contributed by atoms with van der Waals surface area (Å²) in [6.45, 7) is 0.236. The van der Waals surface area contributed by atoms with Crippen LogP contribution in [0.15, 0.2) is 0 Å². The average Bonchev–Trinajstić information content (AvgIpc) is 2.44. The van der Waals surface area contributed by atoms with Crippen LogP contribution in [0.5, 0.6) is 0 Å². The van der Waals surface area contributed by atoms with Gasteiger partial charge >= 0.3 is 0 Å². The van der Waals surface area contributed by atoms with Gasteiger partial charge in [-0.25, -0.2) is 0 Å². The number of hydrogen-bond donors (Lipinski definition) is 3. The van der Waals surface area contributed by atoms with Gasteiger partial charge in [0.1, 0.15) is 24.4 Å². The number of ether oxygens (including phenoxy) is 2. The van der Waals surface area contributed by atoms with Crippen LogP contribution < -0.4 is 0 Å². The van der Waals surface area contributed by atoms with Gasteiger partial charge in [-0.15, -0.1) is 0 Å². The van der Waals surface area contributed by atoms with E-state index in [1.165, 1.54) is 0 Å². The lowest BCUT2D eigenvalue weighted by molar-refractivity contribution is -0.228. The molecule has 11 heavy (non-hydrogen) atoms. The molecule has 5 atom stereocenters. The van der Waals surface area contributed by atoms with Crippen molar-refractivity contribution < 1.29 is 24.8 Å². The maximum atomic E-state index is 9.22. The molecule has 2 bridgehead atoms. The highest BCUT2D eigenvalue weighted by Gasteiger charge is 2.48. The maximum Gasteiger partial charge on any atom is 0.186 e. The fourth-order valence-electron chi connectivity index (χ4n) is 1.38. The zero-order valence-electron chi connectivity index (χ0n) is 5.75. The second-order valence-corrected chi connectivity index (χ2v) is 2.85. The molecule has 0 saturated carbocycles. The van der Waals surface area contributed by atoms with Crippen LogP contribution in [-0.2, 0) is 9.47 Å². The van der Waals surface area contributed by atoms with Gasteiger partial charge in [-0.3, -0.25) is 0 Å². The van der Waals surface area contributed by atoms with Crippen LogP contribution in [0, 0.1) is 0 Å². The van der Waals surface area contributed by atoms with Gasteiger partial charge in [0.25, 0.3) is 0 Å². The van der Waals surface area contributed by atoms with Gasteiger partial charge in [0.15, 0.2) is 6.29 Å². The van der Waals surface area contributed by atoms with Crippen molar-refractivity contribution in [1.82, 2.24) is 0 Å². The Morgan fingerprint density at radius 1 is 1.00 bits per heavy atom. The molecule has 5 heteroatoms. The molecule has 2 heterocycles. The second-order valence-electron chi connectivity index (χ2n) is 2.85. The summed E-state index contributed by atoms with van der Waals surface area (Å²) in [6, 6.07) is 0. The normalized spacial score (nSPS) is 56.5. The summed E-state index contributed by atoms with van der Waals surface area (Å²) >= 11 is 0. The summed E-state index contributed by atoms with van der Waals surface area (Å²) in [7, 11) is 0. The van der Waals surface area contributed by atoms with Crippen LogP contribution in [0.2, 0.25) is 0 Å². The van der Waals surface area contributed by atoms with Crippen molar-refractivity contribution in [3.05, 3.63) is 0 Å². The van der Waals surface area contributed by atoms with Crippen molar-refractivity contribution in [2.24, 2.45) is 0 Å². The molecule has 0 aromatic rings. The van der Waals surface area contributed by atoms with E-state index in [0.29, 0.717) is 0 Å². The van der Waals surface area contributed by atoms with Crippen LogP contribution in [0.3, 0.4) is 0 Å². The Labute approximate surface area is 63.2 Å². The van der Waals surface area contributed by atoms with Gasteiger partial charge in [0, 0.05) is 0 Å². The minimum absolute atomic E-state index is 0.236. The molecular weight excluding hydrogens is 152 g/mol. The minimum atomic E-state index is -1.15. The van der Waals surface area contributed by atoms with Gasteiger partial charge < -0.3 is 24.8 Å². The highest BCUT2D eigenvalue weighted by atomic mass is 16.7. The molecular formula is C6H10O5. The molecule has 2 saturated heterocycles. The predicted molar refractivity (Wildman–Crippen MR) is 32.6 cm³/mol. The van der Waals surface area contributed by atoms with Crippen LogP contribution in [-0.4, -0.2) is 52.6 Å². The molecule has 0 radical (unpaired) electrons. The first-order valence-electron chi connectivity index (χ1n) is 3.51. The molecule has 64 valence electrons.